The van der Waals surface area contributed by atoms with Gasteiger partial charge in [-0.15, -0.1) is 5.53 Å². The van der Waals surface area contributed by atoms with Gasteiger partial charge in [-0.3, -0.25) is 5.01 Å². The number of hydrazine groups is 2. The first-order valence-corrected chi connectivity index (χ1v) is 4.84. The lowest BCUT2D eigenvalue weighted by atomic mass is 10.0. The minimum absolute atomic E-state index is 0.564. The molecule has 1 heterocycles. The Labute approximate surface area is 84.4 Å². The number of nitrogens with one attached hydrogen (secondary N) is 2. The van der Waals surface area contributed by atoms with Gasteiger partial charge in [0, 0.05) is 12.4 Å². The van der Waals surface area contributed by atoms with Crippen LogP contribution < -0.4 is 16.0 Å². The molecule has 1 aliphatic rings. The van der Waals surface area contributed by atoms with E-state index in [9.17, 15) is 0 Å². The van der Waals surface area contributed by atoms with Gasteiger partial charge in [-0.1, -0.05) is 26.0 Å². The number of benzene rings is 1. The van der Waals surface area contributed by atoms with Crippen LogP contribution in [0.1, 0.15) is 25.3 Å². The normalized spacial score (nSPS) is 14.9. The van der Waals surface area contributed by atoms with E-state index in [1.807, 2.05) is 17.4 Å². The zero-order valence-electron chi connectivity index (χ0n) is 8.49. The predicted molar refractivity (Wildman–Crippen MR) is 58.4 cm³/mol. The largest absolute Gasteiger partial charge is 0.309 e. The summed E-state index contributed by atoms with van der Waals surface area (Å²) in [6, 6.07) is 8.51. The van der Waals surface area contributed by atoms with E-state index in [0.29, 0.717) is 5.92 Å². The third-order valence-electron chi connectivity index (χ3n) is 2.31. The Morgan fingerprint density at radius 1 is 1.29 bits per heavy atom. The van der Waals surface area contributed by atoms with Gasteiger partial charge in [-0.05, 0) is 23.6 Å². The van der Waals surface area contributed by atoms with E-state index in [1.165, 1.54) is 5.56 Å². The lowest BCUT2D eigenvalue weighted by Gasteiger charge is -2.17. The summed E-state index contributed by atoms with van der Waals surface area (Å²) >= 11 is 0. The Balaban J connectivity index is 2.25. The van der Waals surface area contributed by atoms with Gasteiger partial charge >= 0.3 is 0 Å². The van der Waals surface area contributed by atoms with E-state index in [-0.39, 0.29) is 0 Å². The van der Waals surface area contributed by atoms with Crippen LogP contribution in [0.5, 0.6) is 0 Å². The van der Waals surface area contributed by atoms with Crippen LogP contribution in [0, 0.1) is 0 Å². The van der Waals surface area contributed by atoms with E-state index < -0.39 is 0 Å². The summed E-state index contributed by atoms with van der Waals surface area (Å²) in [5.41, 5.74) is 8.43. The van der Waals surface area contributed by atoms with Crippen LogP contribution in [-0.2, 0) is 0 Å². The molecule has 74 valence electrons. The maximum absolute atomic E-state index is 3.01. The summed E-state index contributed by atoms with van der Waals surface area (Å²) in [6.07, 6.45) is 3.82. The van der Waals surface area contributed by atoms with Crippen molar-refractivity contribution in [2.24, 2.45) is 0 Å². The van der Waals surface area contributed by atoms with Crippen molar-refractivity contribution in [2.45, 2.75) is 19.8 Å². The molecule has 2 N–H and O–H groups in total. The Bertz CT molecular complexity index is 344. The van der Waals surface area contributed by atoms with Gasteiger partial charge in [0.2, 0.25) is 0 Å². The molecule has 1 aromatic carbocycles. The van der Waals surface area contributed by atoms with Crippen LogP contribution >= 0.6 is 0 Å². The molecule has 3 nitrogen and oxygen atoms in total. The van der Waals surface area contributed by atoms with Gasteiger partial charge in [-0.2, -0.15) is 0 Å². The molecule has 1 aromatic rings. The highest BCUT2D eigenvalue weighted by Gasteiger charge is 2.07. The fourth-order valence-corrected chi connectivity index (χ4v) is 1.44. The zero-order chi connectivity index (χ0) is 9.97. The molecule has 0 saturated carbocycles. The summed E-state index contributed by atoms with van der Waals surface area (Å²) in [4.78, 5) is 0. The number of anilines is 1. The van der Waals surface area contributed by atoms with Crippen molar-refractivity contribution in [3.63, 3.8) is 0 Å². The highest BCUT2D eigenvalue weighted by atomic mass is 15.7. The maximum Gasteiger partial charge on any atom is 0.0592 e. The summed E-state index contributed by atoms with van der Waals surface area (Å²) in [7, 11) is 0. The fraction of sp³-hybridized carbons (Fsp3) is 0.273. The Morgan fingerprint density at radius 2 is 2.14 bits per heavy atom. The molecule has 0 bridgehead atoms. The van der Waals surface area contributed by atoms with Crippen LogP contribution in [0.25, 0.3) is 0 Å². The highest BCUT2D eigenvalue weighted by Crippen LogP contribution is 2.21. The molecular weight excluding hydrogens is 174 g/mol. The minimum atomic E-state index is 0.564. The Hall–Kier alpha value is -1.48. The topological polar surface area (TPSA) is 27.3 Å². The van der Waals surface area contributed by atoms with Crippen molar-refractivity contribution in [1.82, 2.24) is 11.0 Å². The molecule has 0 spiro atoms. The zero-order valence-corrected chi connectivity index (χ0v) is 8.49. The van der Waals surface area contributed by atoms with Crippen LogP contribution in [0.3, 0.4) is 0 Å². The van der Waals surface area contributed by atoms with E-state index >= 15 is 0 Å². The van der Waals surface area contributed by atoms with Crippen LogP contribution in [0.2, 0.25) is 0 Å². The number of hydrogen-bond donors (Lipinski definition) is 2. The standard InChI is InChI=1S/C11H15N3/c1-9(2)10-4-3-5-11(8-10)14-7-6-12-13-14/h3-9,12-13H,1-2H3. The summed E-state index contributed by atoms with van der Waals surface area (Å²) in [5.74, 6) is 0.564. The van der Waals surface area contributed by atoms with Crippen molar-refractivity contribution in [3.05, 3.63) is 42.2 Å². The molecule has 0 unspecified atom stereocenters. The second-order valence-electron chi connectivity index (χ2n) is 3.69. The van der Waals surface area contributed by atoms with Crippen molar-refractivity contribution >= 4 is 5.69 Å². The monoisotopic (exact) mass is 189 g/mol. The van der Waals surface area contributed by atoms with Crippen LogP contribution in [0.4, 0.5) is 5.69 Å². The first kappa shape index (κ1) is 9.09. The number of rotatable bonds is 2. The molecule has 0 aromatic heterocycles. The van der Waals surface area contributed by atoms with Crippen LogP contribution in [0.15, 0.2) is 36.7 Å². The van der Waals surface area contributed by atoms with E-state index in [1.54, 1.807) is 0 Å². The lowest BCUT2D eigenvalue weighted by molar-refractivity contribution is 0.679. The fourth-order valence-electron chi connectivity index (χ4n) is 1.44. The third-order valence-corrected chi connectivity index (χ3v) is 2.31. The average Bonchev–Trinajstić information content (AvgIpc) is 2.71. The molecular formula is C11H15N3. The van der Waals surface area contributed by atoms with Gasteiger partial charge < -0.3 is 5.43 Å². The summed E-state index contributed by atoms with van der Waals surface area (Å²) < 4.78 is 0. The molecule has 0 aliphatic carbocycles. The van der Waals surface area contributed by atoms with Crippen molar-refractivity contribution < 1.29 is 0 Å². The van der Waals surface area contributed by atoms with E-state index in [2.05, 4.69) is 49.1 Å². The quantitative estimate of drug-likeness (QED) is 0.746. The highest BCUT2D eigenvalue weighted by molar-refractivity contribution is 5.51. The van der Waals surface area contributed by atoms with Gasteiger partial charge in [-0.25, -0.2) is 0 Å². The SMILES string of the molecule is CC(C)c1cccc(N2C=CNN2)c1. The van der Waals surface area contributed by atoms with Crippen molar-refractivity contribution in [1.29, 1.82) is 0 Å². The Kier molecular flexibility index (Phi) is 2.41. The summed E-state index contributed by atoms with van der Waals surface area (Å²) in [5, 5.41) is 1.95. The average molecular weight is 189 g/mol. The smallest absolute Gasteiger partial charge is 0.0592 e. The molecule has 0 amide bonds. The molecule has 14 heavy (non-hydrogen) atoms. The van der Waals surface area contributed by atoms with Gasteiger partial charge in [0.05, 0.1) is 5.69 Å². The molecule has 0 radical (unpaired) electrons. The van der Waals surface area contributed by atoms with Crippen LogP contribution in [-0.4, -0.2) is 0 Å². The molecule has 1 aliphatic heterocycles. The molecule has 2 rings (SSSR count). The second-order valence-corrected chi connectivity index (χ2v) is 3.69. The lowest BCUT2D eigenvalue weighted by Crippen LogP contribution is -2.35. The van der Waals surface area contributed by atoms with Crippen molar-refractivity contribution in [3.8, 4) is 0 Å². The molecule has 3 heteroatoms. The van der Waals surface area contributed by atoms with E-state index in [4.69, 9.17) is 0 Å². The second kappa shape index (κ2) is 3.72. The van der Waals surface area contributed by atoms with E-state index in [0.717, 1.165) is 5.69 Å². The molecule has 0 saturated heterocycles. The van der Waals surface area contributed by atoms with Crippen molar-refractivity contribution in [2.75, 3.05) is 5.01 Å². The Morgan fingerprint density at radius 3 is 2.79 bits per heavy atom. The number of hydrogen-bond acceptors (Lipinski definition) is 3. The van der Waals surface area contributed by atoms with Gasteiger partial charge in [0.15, 0.2) is 0 Å². The molecule has 0 fully saturated rings. The first-order chi connectivity index (χ1) is 6.77. The van der Waals surface area contributed by atoms with Gasteiger partial charge in [0.25, 0.3) is 0 Å². The minimum Gasteiger partial charge on any atom is -0.309 e. The first-order valence-electron chi connectivity index (χ1n) is 4.84. The maximum atomic E-state index is 3.01. The van der Waals surface area contributed by atoms with Gasteiger partial charge in [0.1, 0.15) is 0 Å². The third kappa shape index (κ3) is 1.72. The predicted octanol–water partition coefficient (Wildman–Crippen LogP) is 2.11. The number of nitrogens with zero attached hydrogens (tertiary/aromatic N) is 1. The summed E-state index contributed by atoms with van der Waals surface area (Å²) in [6.45, 7) is 4.40. The molecule has 0 atom stereocenters.